The van der Waals surface area contributed by atoms with Crippen molar-refractivity contribution in [2.75, 3.05) is 6.54 Å². The van der Waals surface area contributed by atoms with Crippen molar-refractivity contribution >= 4 is 21.8 Å². The molecule has 0 aliphatic heterocycles. The number of nitrogens with two attached hydrogens (primary N) is 1. The zero-order valence-electron chi connectivity index (χ0n) is 13.8. The second-order valence-electron chi connectivity index (χ2n) is 6.72. The Balaban J connectivity index is 2.10. The molecule has 1 aliphatic carbocycles. The van der Waals surface area contributed by atoms with Gasteiger partial charge in [0.05, 0.1) is 23.6 Å². The van der Waals surface area contributed by atoms with Gasteiger partial charge in [-0.15, -0.1) is 0 Å². The predicted molar refractivity (Wildman–Crippen MR) is 94.3 cm³/mol. The van der Waals surface area contributed by atoms with E-state index in [4.69, 9.17) is 5.73 Å². The Hall–Kier alpha value is -2.18. The van der Waals surface area contributed by atoms with E-state index in [1.54, 1.807) is 4.57 Å². The Morgan fingerprint density at radius 3 is 2.75 bits per heavy atom. The summed E-state index contributed by atoms with van der Waals surface area (Å²) in [4.78, 5) is 13.0. The van der Waals surface area contributed by atoms with Crippen LogP contribution in [0.25, 0.3) is 21.8 Å². The highest BCUT2D eigenvalue weighted by Crippen LogP contribution is 2.30. The summed E-state index contributed by atoms with van der Waals surface area (Å²) in [5, 5.41) is 18.9. The van der Waals surface area contributed by atoms with Crippen molar-refractivity contribution in [1.29, 1.82) is 0 Å². The largest absolute Gasteiger partial charge is 0.390 e. The van der Waals surface area contributed by atoms with Gasteiger partial charge in [-0.2, -0.15) is 5.10 Å². The number of nitrogens with one attached hydrogen (secondary N) is 1. The normalized spacial score (nSPS) is 15.8. The summed E-state index contributed by atoms with van der Waals surface area (Å²) in [6.45, 7) is 2.18. The highest BCUT2D eigenvalue weighted by Gasteiger charge is 2.19. The van der Waals surface area contributed by atoms with Crippen LogP contribution in [0, 0.1) is 6.92 Å². The number of benzene rings is 1. The number of aliphatic hydroxyl groups is 1. The zero-order valence-corrected chi connectivity index (χ0v) is 13.8. The van der Waals surface area contributed by atoms with E-state index < -0.39 is 6.10 Å². The number of nitrogens with zero attached hydrogens (tertiary/aromatic N) is 2. The minimum atomic E-state index is -0.744. The molecule has 1 unspecified atom stereocenters. The highest BCUT2D eigenvalue weighted by molar-refractivity contribution is 6.04. The lowest BCUT2D eigenvalue weighted by Gasteiger charge is -2.20. The van der Waals surface area contributed by atoms with Crippen molar-refractivity contribution in [3.8, 4) is 0 Å². The summed E-state index contributed by atoms with van der Waals surface area (Å²) in [7, 11) is 0. The SMILES string of the molecule is Cc1[nH]nc2c1c(=O)n(CC(O)CN)c1cc3c(cc21)CCCC3. The maximum absolute atomic E-state index is 13.0. The number of hydrogen-bond acceptors (Lipinski definition) is 4. The lowest BCUT2D eigenvalue weighted by atomic mass is 9.90. The summed E-state index contributed by atoms with van der Waals surface area (Å²) in [5.41, 5.74) is 10.4. The van der Waals surface area contributed by atoms with Crippen LogP contribution >= 0.6 is 0 Å². The van der Waals surface area contributed by atoms with Crippen molar-refractivity contribution in [3.63, 3.8) is 0 Å². The summed E-state index contributed by atoms with van der Waals surface area (Å²) in [6.07, 6.45) is 3.74. The van der Waals surface area contributed by atoms with Gasteiger partial charge < -0.3 is 15.4 Å². The number of rotatable bonds is 3. The Bertz CT molecular complexity index is 986. The van der Waals surface area contributed by atoms with Gasteiger partial charge in [0.2, 0.25) is 0 Å². The Morgan fingerprint density at radius 2 is 2.04 bits per heavy atom. The molecule has 1 atom stereocenters. The molecule has 126 valence electrons. The van der Waals surface area contributed by atoms with Gasteiger partial charge in [0, 0.05) is 17.6 Å². The van der Waals surface area contributed by atoms with Crippen LogP contribution < -0.4 is 11.3 Å². The van der Waals surface area contributed by atoms with E-state index in [1.165, 1.54) is 24.0 Å². The van der Waals surface area contributed by atoms with E-state index in [-0.39, 0.29) is 18.6 Å². The molecule has 2 aromatic heterocycles. The first-order valence-electron chi connectivity index (χ1n) is 8.51. The second-order valence-corrected chi connectivity index (χ2v) is 6.72. The average molecular weight is 326 g/mol. The molecule has 6 nitrogen and oxygen atoms in total. The van der Waals surface area contributed by atoms with Crippen LogP contribution in [0.15, 0.2) is 16.9 Å². The first kappa shape index (κ1) is 15.4. The molecule has 0 spiro atoms. The van der Waals surface area contributed by atoms with E-state index >= 15 is 0 Å². The van der Waals surface area contributed by atoms with E-state index in [9.17, 15) is 9.90 Å². The topological polar surface area (TPSA) is 96.9 Å². The number of aryl methyl sites for hydroxylation is 3. The molecule has 0 bridgehead atoms. The Labute approximate surface area is 139 Å². The molecule has 1 aromatic carbocycles. The van der Waals surface area contributed by atoms with Crippen LogP contribution in [-0.2, 0) is 19.4 Å². The van der Waals surface area contributed by atoms with Crippen molar-refractivity contribution < 1.29 is 5.11 Å². The molecule has 24 heavy (non-hydrogen) atoms. The molecule has 0 saturated carbocycles. The zero-order chi connectivity index (χ0) is 16.8. The number of hydrogen-bond donors (Lipinski definition) is 3. The molecule has 4 rings (SSSR count). The van der Waals surface area contributed by atoms with Gasteiger partial charge in [0.25, 0.3) is 5.56 Å². The van der Waals surface area contributed by atoms with E-state index in [1.807, 2.05) is 6.92 Å². The maximum atomic E-state index is 13.0. The predicted octanol–water partition coefficient (Wildman–Crippen LogP) is 1.38. The van der Waals surface area contributed by atoms with Crippen LogP contribution in [0.4, 0.5) is 0 Å². The molecule has 3 aromatic rings. The molecule has 2 heterocycles. The average Bonchev–Trinajstić information content (AvgIpc) is 2.99. The molecular formula is C18H22N4O2. The van der Waals surface area contributed by atoms with E-state index in [0.29, 0.717) is 5.39 Å². The van der Waals surface area contributed by atoms with Gasteiger partial charge >= 0.3 is 0 Å². The number of aromatic amines is 1. The van der Waals surface area contributed by atoms with Crippen LogP contribution in [0.5, 0.6) is 0 Å². The lowest BCUT2D eigenvalue weighted by molar-refractivity contribution is 0.162. The highest BCUT2D eigenvalue weighted by atomic mass is 16.3. The first-order chi connectivity index (χ1) is 11.6. The quantitative estimate of drug-likeness (QED) is 0.677. The Morgan fingerprint density at radius 1 is 1.33 bits per heavy atom. The first-order valence-corrected chi connectivity index (χ1v) is 8.51. The number of aromatic nitrogens is 3. The van der Waals surface area contributed by atoms with Gasteiger partial charge in [-0.1, -0.05) is 0 Å². The van der Waals surface area contributed by atoms with Crippen molar-refractivity contribution in [3.05, 3.63) is 39.3 Å². The minimum absolute atomic E-state index is 0.119. The fourth-order valence-electron chi connectivity index (χ4n) is 3.78. The molecule has 1 aliphatic rings. The Kier molecular flexibility index (Phi) is 3.66. The molecule has 0 radical (unpaired) electrons. The third-order valence-corrected chi connectivity index (χ3v) is 5.08. The van der Waals surface area contributed by atoms with Crippen LogP contribution in [0.2, 0.25) is 0 Å². The van der Waals surface area contributed by atoms with Gasteiger partial charge in [0.1, 0.15) is 5.52 Å². The standard InChI is InChI=1S/C18H22N4O2/c1-10-16-17(21-20-10)14-6-11-4-2-3-5-12(11)7-15(14)22(18(16)24)9-13(23)8-19/h6-7,13,23H,2-5,8-9,19H2,1H3,(H,20,21). The minimum Gasteiger partial charge on any atom is -0.390 e. The second kappa shape index (κ2) is 5.72. The van der Waals surface area contributed by atoms with Crippen molar-refractivity contribution in [2.24, 2.45) is 5.73 Å². The molecule has 4 N–H and O–H groups in total. The van der Waals surface area contributed by atoms with Gasteiger partial charge in [-0.25, -0.2) is 0 Å². The van der Waals surface area contributed by atoms with Gasteiger partial charge in [-0.3, -0.25) is 9.89 Å². The van der Waals surface area contributed by atoms with Crippen LogP contribution in [0.3, 0.4) is 0 Å². The van der Waals surface area contributed by atoms with Crippen molar-refractivity contribution in [2.45, 2.75) is 45.3 Å². The molecule has 0 fully saturated rings. The summed E-state index contributed by atoms with van der Waals surface area (Å²) >= 11 is 0. The lowest BCUT2D eigenvalue weighted by Crippen LogP contribution is -2.31. The monoisotopic (exact) mass is 326 g/mol. The van der Waals surface area contributed by atoms with Crippen molar-refractivity contribution in [1.82, 2.24) is 14.8 Å². The third-order valence-electron chi connectivity index (χ3n) is 5.08. The number of aliphatic hydroxyl groups excluding tert-OH is 1. The number of fused-ring (bicyclic) bond motifs is 4. The summed E-state index contributed by atoms with van der Waals surface area (Å²) in [6, 6.07) is 4.29. The van der Waals surface area contributed by atoms with E-state index in [0.717, 1.165) is 35.0 Å². The number of pyridine rings is 1. The summed E-state index contributed by atoms with van der Waals surface area (Å²) in [5.74, 6) is 0. The maximum Gasteiger partial charge on any atom is 0.262 e. The molecule has 6 heteroatoms. The molecule has 0 saturated heterocycles. The van der Waals surface area contributed by atoms with Crippen LogP contribution in [-0.4, -0.2) is 32.5 Å². The van der Waals surface area contributed by atoms with E-state index in [2.05, 4.69) is 22.3 Å². The van der Waals surface area contributed by atoms with Gasteiger partial charge in [0.15, 0.2) is 0 Å². The third kappa shape index (κ3) is 2.25. The number of H-pyrrole nitrogens is 1. The molecule has 0 amide bonds. The molecular weight excluding hydrogens is 304 g/mol. The summed E-state index contributed by atoms with van der Waals surface area (Å²) < 4.78 is 1.66. The van der Waals surface area contributed by atoms with Crippen LogP contribution in [0.1, 0.15) is 29.7 Å². The van der Waals surface area contributed by atoms with Gasteiger partial charge in [-0.05, 0) is 55.9 Å². The fraction of sp³-hybridized carbons (Fsp3) is 0.444. The smallest absolute Gasteiger partial charge is 0.262 e. The fourth-order valence-corrected chi connectivity index (χ4v) is 3.78.